The highest BCUT2D eigenvalue weighted by atomic mass is 16.5. The monoisotopic (exact) mass is 386 g/mol. The molecule has 1 aliphatic carbocycles. The Morgan fingerprint density at radius 3 is 2.64 bits per heavy atom. The Balaban J connectivity index is 1.60. The maximum Gasteiger partial charge on any atom is 0.194 e. The summed E-state index contributed by atoms with van der Waals surface area (Å²) in [5.74, 6) is 3.54. The van der Waals surface area contributed by atoms with E-state index in [-0.39, 0.29) is 0 Å². The molecule has 0 bridgehead atoms. The van der Waals surface area contributed by atoms with Crippen molar-refractivity contribution >= 4 is 5.96 Å². The molecule has 0 amide bonds. The third-order valence-corrected chi connectivity index (χ3v) is 5.87. The van der Waals surface area contributed by atoms with Crippen LogP contribution >= 0.6 is 0 Å². The predicted octanol–water partition coefficient (Wildman–Crippen LogP) is 3.60. The van der Waals surface area contributed by atoms with Crippen LogP contribution in [0.5, 0.6) is 5.75 Å². The summed E-state index contributed by atoms with van der Waals surface area (Å²) in [7, 11) is 0. The molecule has 1 saturated carbocycles. The summed E-state index contributed by atoms with van der Waals surface area (Å²) in [5.41, 5.74) is 1.18. The minimum atomic E-state index is 0.667. The van der Waals surface area contributed by atoms with E-state index in [2.05, 4.69) is 60.2 Å². The average Bonchev–Trinajstić information content (AvgIpc) is 3.44. The molecule has 0 spiro atoms. The van der Waals surface area contributed by atoms with E-state index in [0.29, 0.717) is 6.54 Å². The summed E-state index contributed by atoms with van der Waals surface area (Å²) in [6.07, 6.45) is 3.88. The van der Waals surface area contributed by atoms with E-state index < -0.39 is 0 Å². The van der Waals surface area contributed by atoms with Crippen LogP contribution in [0.2, 0.25) is 0 Å². The molecule has 1 aliphatic heterocycles. The maximum atomic E-state index is 6.06. The fraction of sp³-hybridized carbons (Fsp3) is 0.696. The van der Waals surface area contributed by atoms with Crippen molar-refractivity contribution in [1.29, 1.82) is 0 Å². The summed E-state index contributed by atoms with van der Waals surface area (Å²) in [6.45, 7) is 14.7. The second kappa shape index (κ2) is 10.7. The number of hydrogen-bond acceptors (Lipinski definition) is 3. The zero-order valence-electron chi connectivity index (χ0n) is 18.0. The van der Waals surface area contributed by atoms with Gasteiger partial charge in [-0.25, -0.2) is 4.99 Å². The van der Waals surface area contributed by atoms with Crippen molar-refractivity contribution in [2.45, 2.75) is 46.6 Å². The third-order valence-electron chi connectivity index (χ3n) is 5.87. The van der Waals surface area contributed by atoms with Crippen LogP contribution in [0.1, 0.15) is 45.6 Å². The summed E-state index contributed by atoms with van der Waals surface area (Å²) < 4.78 is 6.06. The Morgan fingerprint density at radius 2 is 1.93 bits per heavy atom. The van der Waals surface area contributed by atoms with Gasteiger partial charge in [0.05, 0.1) is 13.2 Å². The topological polar surface area (TPSA) is 40.1 Å². The van der Waals surface area contributed by atoms with E-state index in [1.54, 1.807) is 0 Å². The van der Waals surface area contributed by atoms with Gasteiger partial charge in [0.15, 0.2) is 5.96 Å². The number of benzene rings is 1. The normalized spacial score (nSPS) is 20.1. The summed E-state index contributed by atoms with van der Waals surface area (Å²) in [5, 5.41) is 3.50. The van der Waals surface area contributed by atoms with Gasteiger partial charge in [-0.05, 0) is 57.2 Å². The lowest BCUT2D eigenvalue weighted by molar-refractivity contribution is 0.255. The molecule has 1 atom stereocenters. The van der Waals surface area contributed by atoms with Crippen LogP contribution < -0.4 is 10.1 Å². The smallest absolute Gasteiger partial charge is 0.194 e. The van der Waals surface area contributed by atoms with E-state index in [0.717, 1.165) is 62.9 Å². The SMILES string of the molecule is CCNC(=NCc1ccccc1OCC1CC1)N1CCC(CN(CC)CC)C1. The van der Waals surface area contributed by atoms with Gasteiger partial charge in [-0.15, -0.1) is 0 Å². The second-order valence-electron chi connectivity index (χ2n) is 8.12. The van der Waals surface area contributed by atoms with Crippen LogP contribution in [0.3, 0.4) is 0 Å². The van der Waals surface area contributed by atoms with Gasteiger partial charge < -0.3 is 19.9 Å². The molecule has 2 fully saturated rings. The predicted molar refractivity (Wildman–Crippen MR) is 117 cm³/mol. The Hall–Kier alpha value is -1.75. The average molecular weight is 387 g/mol. The van der Waals surface area contributed by atoms with Gasteiger partial charge in [-0.2, -0.15) is 0 Å². The van der Waals surface area contributed by atoms with Crippen molar-refractivity contribution in [3.05, 3.63) is 29.8 Å². The van der Waals surface area contributed by atoms with Gasteiger partial charge in [-0.3, -0.25) is 0 Å². The number of nitrogens with one attached hydrogen (secondary N) is 1. The van der Waals surface area contributed by atoms with Crippen LogP contribution in [-0.4, -0.2) is 61.6 Å². The first-order valence-electron chi connectivity index (χ1n) is 11.2. The molecule has 1 heterocycles. The summed E-state index contributed by atoms with van der Waals surface area (Å²) in [6, 6.07) is 8.36. The number of hydrogen-bond donors (Lipinski definition) is 1. The summed E-state index contributed by atoms with van der Waals surface area (Å²) >= 11 is 0. The van der Waals surface area contributed by atoms with Gasteiger partial charge >= 0.3 is 0 Å². The Morgan fingerprint density at radius 1 is 1.14 bits per heavy atom. The van der Waals surface area contributed by atoms with Crippen molar-refractivity contribution < 1.29 is 4.74 Å². The number of nitrogens with zero attached hydrogens (tertiary/aromatic N) is 3. The van der Waals surface area contributed by atoms with E-state index in [1.807, 2.05) is 0 Å². The van der Waals surface area contributed by atoms with Gasteiger partial charge in [0.1, 0.15) is 5.75 Å². The lowest BCUT2D eigenvalue weighted by atomic mass is 10.1. The largest absolute Gasteiger partial charge is 0.493 e. The zero-order chi connectivity index (χ0) is 19.8. The van der Waals surface area contributed by atoms with Crippen molar-refractivity contribution in [2.75, 3.05) is 45.9 Å². The van der Waals surface area contributed by atoms with Crippen molar-refractivity contribution in [3.8, 4) is 5.75 Å². The number of likely N-dealkylation sites (tertiary alicyclic amines) is 1. The van der Waals surface area contributed by atoms with Crippen LogP contribution in [0.25, 0.3) is 0 Å². The minimum Gasteiger partial charge on any atom is -0.493 e. The first kappa shape index (κ1) is 21.0. The molecular weight excluding hydrogens is 348 g/mol. The fourth-order valence-electron chi connectivity index (χ4n) is 3.87. The van der Waals surface area contributed by atoms with E-state index in [9.17, 15) is 0 Å². The van der Waals surface area contributed by atoms with Crippen LogP contribution in [0.15, 0.2) is 29.3 Å². The zero-order valence-corrected chi connectivity index (χ0v) is 18.0. The van der Waals surface area contributed by atoms with E-state index in [1.165, 1.54) is 31.4 Å². The van der Waals surface area contributed by atoms with E-state index >= 15 is 0 Å². The standard InChI is InChI=1S/C23H38N4O/c1-4-24-23(27-14-13-20(17-27)16-26(5-2)6-3)25-15-21-9-7-8-10-22(21)28-18-19-11-12-19/h7-10,19-20H,4-6,11-18H2,1-3H3,(H,24,25). The fourth-order valence-corrected chi connectivity index (χ4v) is 3.87. The van der Waals surface area contributed by atoms with Gasteiger partial charge in [0.25, 0.3) is 0 Å². The highest BCUT2D eigenvalue weighted by Gasteiger charge is 2.26. The van der Waals surface area contributed by atoms with Crippen LogP contribution in [0.4, 0.5) is 0 Å². The summed E-state index contributed by atoms with van der Waals surface area (Å²) in [4.78, 5) is 9.93. The number of para-hydroxylation sites is 1. The van der Waals surface area contributed by atoms with Crippen LogP contribution in [0, 0.1) is 11.8 Å². The molecular formula is C23H38N4O. The highest BCUT2D eigenvalue weighted by Crippen LogP contribution is 2.30. The first-order valence-corrected chi connectivity index (χ1v) is 11.2. The van der Waals surface area contributed by atoms with Crippen molar-refractivity contribution in [2.24, 2.45) is 16.8 Å². The number of aliphatic imine (C=N–C) groups is 1. The molecule has 1 saturated heterocycles. The molecule has 0 aromatic heterocycles. The molecule has 1 aromatic rings. The number of ether oxygens (including phenoxy) is 1. The molecule has 3 rings (SSSR count). The molecule has 1 aromatic carbocycles. The van der Waals surface area contributed by atoms with Gasteiger partial charge in [0.2, 0.25) is 0 Å². The van der Waals surface area contributed by atoms with Crippen molar-refractivity contribution in [3.63, 3.8) is 0 Å². The molecule has 0 radical (unpaired) electrons. The molecule has 156 valence electrons. The Kier molecular flexibility index (Phi) is 8.01. The third kappa shape index (κ3) is 6.13. The molecule has 28 heavy (non-hydrogen) atoms. The van der Waals surface area contributed by atoms with Gasteiger partial charge in [-0.1, -0.05) is 32.0 Å². The lowest BCUT2D eigenvalue weighted by Crippen LogP contribution is -2.40. The molecule has 1 unspecified atom stereocenters. The maximum absolute atomic E-state index is 6.06. The second-order valence-corrected chi connectivity index (χ2v) is 8.12. The quantitative estimate of drug-likeness (QED) is 0.493. The van der Waals surface area contributed by atoms with Gasteiger partial charge in [0, 0.05) is 31.7 Å². The lowest BCUT2D eigenvalue weighted by Gasteiger charge is -2.24. The molecule has 5 nitrogen and oxygen atoms in total. The first-order chi connectivity index (χ1) is 13.7. The molecule has 5 heteroatoms. The van der Waals surface area contributed by atoms with Crippen molar-refractivity contribution in [1.82, 2.24) is 15.1 Å². The molecule has 2 aliphatic rings. The molecule has 1 N–H and O–H groups in total. The van der Waals surface area contributed by atoms with E-state index in [4.69, 9.17) is 9.73 Å². The number of guanidine groups is 1. The minimum absolute atomic E-state index is 0.667. The Bertz CT molecular complexity index is 625. The Labute approximate surface area is 171 Å². The van der Waals surface area contributed by atoms with Crippen LogP contribution in [-0.2, 0) is 6.54 Å². The highest BCUT2D eigenvalue weighted by molar-refractivity contribution is 5.80. The number of rotatable bonds is 10.